The van der Waals surface area contributed by atoms with Crippen molar-refractivity contribution >= 4 is 98.3 Å². The summed E-state index contributed by atoms with van der Waals surface area (Å²) in [6.45, 7) is 26.0. The normalized spacial score (nSPS) is 18.2. The predicted molar refractivity (Wildman–Crippen MR) is 245 cm³/mol. The van der Waals surface area contributed by atoms with Crippen molar-refractivity contribution in [1.29, 1.82) is 0 Å². The van der Waals surface area contributed by atoms with Gasteiger partial charge in [0.1, 0.15) is 0 Å². The van der Waals surface area contributed by atoms with Crippen LogP contribution in [0.25, 0.3) is 75.6 Å². The van der Waals surface area contributed by atoms with Gasteiger partial charge in [-0.15, -0.1) is 22.7 Å². The second-order valence-electron chi connectivity index (χ2n) is 13.5. The molecular weight excluding hydrogens is 689 g/mol. The van der Waals surface area contributed by atoms with Crippen molar-refractivity contribution in [2.24, 2.45) is 0 Å². The van der Waals surface area contributed by atoms with Gasteiger partial charge in [-0.2, -0.15) is 0 Å². The lowest BCUT2D eigenvalue weighted by Crippen LogP contribution is -2.16. The molecule has 2 heterocycles. The first-order valence-electron chi connectivity index (χ1n) is 18.2. The molecule has 0 unspecified atom stereocenters. The van der Waals surface area contributed by atoms with Crippen molar-refractivity contribution in [3.63, 3.8) is 0 Å². The summed E-state index contributed by atoms with van der Waals surface area (Å²) in [5.41, 5.74) is 8.16. The van der Waals surface area contributed by atoms with E-state index in [0.29, 0.717) is 0 Å². The van der Waals surface area contributed by atoms with Crippen LogP contribution in [0.15, 0.2) is 195 Å². The Kier molecular flexibility index (Phi) is 9.56. The van der Waals surface area contributed by atoms with E-state index >= 15 is 0 Å². The van der Waals surface area contributed by atoms with E-state index < -0.39 is 0 Å². The fraction of sp³-hybridized carbons (Fsp3) is 0.0385. The fourth-order valence-electron chi connectivity index (χ4n) is 7.72. The molecule has 0 N–H and O–H groups in total. The minimum absolute atomic E-state index is 0.892. The van der Waals surface area contributed by atoms with Gasteiger partial charge in [0.25, 0.3) is 0 Å². The van der Waals surface area contributed by atoms with E-state index in [2.05, 4.69) is 155 Å². The summed E-state index contributed by atoms with van der Waals surface area (Å²) in [6.07, 6.45) is 22.5. The maximum atomic E-state index is 4.67. The predicted octanol–water partition coefficient (Wildman–Crippen LogP) is 14.1. The maximum Gasteiger partial charge on any atom is 0.0448 e. The van der Waals surface area contributed by atoms with Gasteiger partial charge in [0, 0.05) is 45.4 Å². The summed E-state index contributed by atoms with van der Waals surface area (Å²) < 4.78 is 4.98. The molecule has 0 fully saturated rings. The van der Waals surface area contributed by atoms with E-state index in [9.17, 15) is 0 Å². The van der Waals surface area contributed by atoms with E-state index in [1.807, 2.05) is 35.6 Å². The van der Waals surface area contributed by atoms with E-state index in [-0.39, 0.29) is 0 Å². The van der Waals surface area contributed by atoms with Crippen LogP contribution >= 0.6 is 22.7 Å². The smallest absolute Gasteiger partial charge is 0.0448 e. The standard InChI is InChI=1S/C52H40S2/c1-7-10-19-33(4)39-20-13-11-12-14-21-41(38(9-3)37(39)8-2)44-31-30-40(42-22-15-16-23-43(42)44)34(5)32-48-35(6)53-51-47(48)29-27-36-26-28-46-45-24-17-18-25-49(45)54-52(46)50(36)51/h7-10,13-32H,1-6,11-12H2/b19-10-,20-13+,21-14+,39-37+,41-38+,48-32+. The second-order valence-corrected chi connectivity index (χ2v) is 15.6. The molecule has 2 heteroatoms. The number of hydrogen-bond donors (Lipinski definition) is 0. The Hall–Kier alpha value is -6.06. The van der Waals surface area contributed by atoms with Gasteiger partial charge < -0.3 is 0 Å². The highest BCUT2D eigenvalue weighted by Crippen LogP contribution is 2.42. The average molecular weight is 729 g/mol. The molecule has 260 valence electrons. The van der Waals surface area contributed by atoms with Gasteiger partial charge in [-0.25, -0.2) is 0 Å². The first kappa shape index (κ1) is 35.0. The zero-order chi connectivity index (χ0) is 37.3. The zero-order valence-electron chi connectivity index (χ0n) is 30.3. The van der Waals surface area contributed by atoms with Gasteiger partial charge in [0.15, 0.2) is 0 Å². The maximum absolute atomic E-state index is 4.67. The summed E-state index contributed by atoms with van der Waals surface area (Å²) in [6, 6.07) is 30.8. The van der Waals surface area contributed by atoms with Crippen molar-refractivity contribution in [2.75, 3.05) is 0 Å². The number of hydrogen-bond acceptors (Lipinski definition) is 2. The van der Waals surface area contributed by atoms with Gasteiger partial charge in [-0.3, -0.25) is 0 Å². The van der Waals surface area contributed by atoms with Crippen LogP contribution in [-0.4, -0.2) is 0 Å². The monoisotopic (exact) mass is 728 g/mol. The van der Waals surface area contributed by atoms with E-state index in [4.69, 9.17) is 0 Å². The molecule has 1 aliphatic carbocycles. The summed E-state index contributed by atoms with van der Waals surface area (Å²) in [5.74, 6) is 0. The van der Waals surface area contributed by atoms with Crippen molar-refractivity contribution in [2.45, 2.75) is 12.8 Å². The van der Waals surface area contributed by atoms with Gasteiger partial charge in [-0.1, -0.05) is 173 Å². The van der Waals surface area contributed by atoms with E-state index in [1.165, 1.54) is 41.0 Å². The molecule has 0 amide bonds. The lowest BCUT2D eigenvalue weighted by atomic mass is 9.85. The van der Waals surface area contributed by atoms with Gasteiger partial charge in [-0.05, 0) is 85.7 Å². The molecule has 0 radical (unpaired) electrons. The molecule has 0 aliphatic heterocycles. The van der Waals surface area contributed by atoms with Gasteiger partial charge in [0.05, 0.1) is 0 Å². The molecule has 0 atom stereocenters. The topological polar surface area (TPSA) is 0 Å². The van der Waals surface area contributed by atoms with Gasteiger partial charge >= 0.3 is 0 Å². The molecular formula is C52H40S2. The van der Waals surface area contributed by atoms with Crippen LogP contribution in [0.1, 0.15) is 24.0 Å². The van der Waals surface area contributed by atoms with Gasteiger partial charge in [0.2, 0.25) is 0 Å². The number of fused-ring (bicyclic) bond motifs is 8. The minimum Gasteiger partial charge on any atom is -0.135 e. The summed E-state index contributed by atoms with van der Waals surface area (Å²) in [4.78, 5) is 0. The first-order chi connectivity index (χ1) is 26.4. The summed E-state index contributed by atoms with van der Waals surface area (Å²) >= 11 is 3.66. The fourth-order valence-corrected chi connectivity index (χ4v) is 10.2. The lowest BCUT2D eigenvalue weighted by molar-refractivity contribution is 1.05. The Morgan fingerprint density at radius 2 is 1.31 bits per heavy atom. The molecule has 8 rings (SSSR count). The Balaban J connectivity index is 1.30. The Labute approximate surface area is 325 Å². The molecule has 0 nitrogen and oxygen atoms in total. The van der Waals surface area contributed by atoms with Crippen molar-refractivity contribution in [3.8, 4) is 0 Å². The highest BCUT2D eigenvalue weighted by atomic mass is 32.1. The third kappa shape index (κ3) is 6.04. The van der Waals surface area contributed by atoms with Crippen molar-refractivity contribution < 1.29 is 0 Å². The van der Waals surface area contributed by atoms with Crippen molar-refractivity contribution in [3.05, 3.63) is 216 Å². The number of allylic oxidation sites excluding steroid dienone is 15. The molecule has 5 aromatic carbocycles. The van der Waals surface area contributed by atoms with Crippen molar-refractivity contribution in [1.82, 2.24) is 0 Å². The Morgan fingerprint density at radius 3 is 2.07 bits per heavy atom. The first-order valence-corrected chi connectivity index (χ1v) is 19.8. The number of rotatable bonds is 8. The Morgan fingerprint density at radius 1 is 0.630 bits per heavy atom. The zero-order valence-corrected chi connectivity index (χ0v) is 32.0. The molecule has 0 spiro atoms. The lowest BCUT2D eigenvalue weighted by Gasteiger charge is -2.19. The van der Waals surface area contributed by atoms with Crippen LogP contribution in [0.3, 0.4) is 0 Å². The average Bonchev–Trinajstić information content (AvgIpc) is 3.74. The second kappa shape index (κ2) is 14.8. The molecule has 7 aromatic rings. The van der Waals surface area contributed by atoms with Crippen LogP contribution in [0.4, 0.5) is 0 Å². The molecule has 1 aliphatic rings. The molecule has 2 aromatic heterocycles. The largest absolute Gasteiger partial charge is 0.135 e. The molecule has 0 saturated heterocycles. The third-order valence-corrected chi connectivity index (χ3v) is 12.6. The SMILES string of the molecule is C=C/C=C\C(=C)C1=C(C=C)/C(C=C)=C(c2ccc(C(=C)/C=c3\c(=C)sc4c3ccc3ccc5c6ccccc6sc5c34)c3ccccc23)\C=C\CC\C=C\1. The quantitative estimate of drug-likeness (QED) is 0.137. The van der Waals surface area contributed by atoms with Crippen LogP contribution in [0.5, 0.6) is 0 Å². The highest BCUT2D eigenvalue weighted by molar-refractivity contribution is 7.27. The summed E-state index contributed by atoms with van der Waals surface area (Å²) in [5, 5.41) is 9.84. The van der Waals surface area contributed by atoms with Crippen LogP contribution in [0, 0.1) is 0 Å². The van der Waals surface area contributed by atoms with E-state index in [0.717, 1.165) is 77.9 Å². The summed E-state index contributed by atoms with van der Waals surface area (Å²) in [7, 11) is 0. The van der Waals surface area contributed by atoms with Crippen LogP contribution in [-0.2, 0) is 0 Å². The number of benzene rings is 5. The highest BCUT2D eigenvalue weighted by Gasteiger charge is 2.17. The van der Waals surface area contributed by atoms with Crippen LogP contribution in [0.2, 0.25) is 0 Å². The van der Waals surface area contributed by atoms with Crippen LogP contribution < -0.4 is 9.75 Å². The molecule has 0 bridgehead atoms. The molecule has 0 saturated carbocycles. The van der Waals surface area contributed by atoms with E-state index in [1.54, 1.807) is 17.4 Å². The molecule has 54 heavy (non-hydrogen) atoms. The minimum atomic E-state index is 0.892. The number of thiophene rings is 2. The Bertz CT molecular complexity index is 3030. The third-order valence-electron chi connectivity index (χ3n) is 10.3.